The zero-order valence-electron chi connectivity index (χ0n) is 8.41. The number of aryl methyl sites for hydroxylation is 1. The molecule has 82 valence electrons. The van der Waals surface area contributed by atoms with Crippen LogP contribution in [0, 0.1) is 12.7 Å². The summed E-state index contributed by atoms with van der Waals surface area (Å²) in [4.78, 5) is 11.9. The Hall–Kier alpha value is -1.20. The minimum absolute atomic E-state index is 0.226. The number of hydrogen-bond donors (Lipinski definition) is 1. The second-order valence-corrected chi connectivity index (χ2v) is 5.08. The average Bonchev–Trinajstić information content (AvgIpc) is 2.51. The number of benzene rings is 1. The Morgan fingerprint density at radius 1 is 1.50 bits per heavy atom. The fourth-order valence-electron chi connectivity index (χ4n) is 1.27. The molecule has 1 saturated heterocycles. The monoisotopic (exact) mass is 253 g/mol. The van der Waals surface area contributed by atoms with Crippen LogP contribution in [-0.2, 0) is 4.79 Å². The average molecular weight is 253 g/mol. The van der Waals surface area contributed by atoms with Crippen LogP contribution in [0.15, 0.2) is 23.1 Å². The van der Waals surface area contributed by atoms with E-state index in [-0.39, 0.29) is 11.7 Å². The van der Waals surface area contributed by atoms with Crippen LogP contribution >= 0.6 is 24.0 Å². The van der Waals surface area contributed by atoms with Gasteiger partial charge in [-0.2, -0.15) is 0 Å². The summed E-state index contributed by atoms with van der Waals surface area (Å²) in [5.74, 6) is -0.503. The van der Waals surface area contributed by atoms with Crippen molar-refractivity contribution in [1.82, 2.24) is 5.32 Å². The van der Waals surface area contributed by atoms with Crippen LogP contribution in [0.5, 0.6) is 0 Å². The highest BCUT2D eigenvalue weighted by Crippen LogP contribution is 2.26. The smallest absolute Gasteiger partial charge is 0.263 e. The van der Waals surface area contributed by atoms with Gasteiger partial charge in [0.25, 0.3) is 5.91 Å². The Kier molecular flexibility index (Phi) is 3.07. The fourth-order valence-corrected chi connectivity index (χ4v) is 2.32. The van der Waals surface area contributed by atoms with E-state index >= 15 is 0 Å². The molecule has 0 atom stereocenters. The van der Waals surface area contributed by atoms with Crippen molar-refractivity contribution in [3.8, 4) is 0 Å². The van der Waals surface area contributed by atoms with Crippen LogP contribution in [0.1, 0.15) is 11.1 Å². The molecule has 1 amide bonds. The van der Waals surface area contributed by atoms with E-state index < -0.39 is 0 Å². The van der Waals surface area contributed by atoms with E-state index in [1.165, 1.54) is 17.8 Å². The molecule has 0 unspecified atom stereocenters. The van der Waals surface area contributed by atoms with E-state index in [2.05, 4.69) is 5.32 Å². The van der Waals surface area contributed by atoms with Crippen molar-refractivity contribution < 1.29 is 9.18 Å². The Balaban J connectivity index is 2.32. The molecular weight excluding hydrogens is 245 g/mol. The van der Waals surface area contributed by atoms with E-state index in [0.29, 0.717) is 20.4 Å². The third kappa shape index (κ3) is 2.31. The van der Waals surface area contributed by atoms with Gasteiger partial charge in [-0.15, -0.1) is 0 Å². The molecule has 0 bridgehead atoms. The normalized spacial score (nSPS) is 18.0. The second-order valence-electron chi connectivity index (χ2n) is 3.36. The molecule has 0 radical (unpaired) electrons. The van der Waals surface area contributed by atoms with Gasteiger partial charge < -0.3 is 5.32 Å². The first-order valence-corrected chi connectivity index (χ1v) is 5.80. The van der Waals surface area contributed by atoms with Gasteiger partial charge in [0.15, 0.2) is 0 Å². The number of hydrogen-bond acceptors (Lipinski definition) is 3. The van der Waals surface area contributed by atoms with Gasteiger partial charge in [0, 0.05) is 0 Å². The maximum absolute atomic E-state index is 13.3. The van der Waals surface area contributed by atoms with Crippen LogP contribution in [0.25, 0.3) is 6.08 Å². The van der Waals surface area contributed by atoms with Crippen LogP contribution in [0.2, 0.25) is 0 Å². The van der Waals surface area contributed by atoms with Gasteiger partial charge in [-0.1, -0.05) is 36.1 Å². The Morgan fingerprint density at radius 2 is 2.25 bits per heavy atom. The maximum atomic E-state index is 13.3. The second kappa shape index (κ2) is 4.35. The van der Waals surface area contributed by atoms with Crippen LogP contribution in [-0.4, -0.2) is 10.2 Å². The Bertz CT molecular complexity index is 511. The Morgan fingerprint density at radius 3 is 2.81 bits per heavy atom. The molecule has 1 fully saturated rings. The lowest BCUT2D eigenvalue weighted by Gasteiger charge is -1.98. The SMILES string of the molecule is Cc1ccc(C=C2SC(=S)NC2=O)cc1F. The van der Waals surface area contributed by atoms with E-state index in [4.69, 9.17) is 12.2 Å². The largest absolute Gasteiger partial charge is 0.307 e. The van der Waals surface area contributed by atoms with Gasteiger partial charge in [-0.05, 0) is 30.2 Å². The highest BCUT2D eigenvalue weighted by Gasteiger charge is 2.21. The van der Waals surface area contributed by atoms with Crippen molar-refractivity contribution in [2.75, 3.05) is 0 Å². The lowest BCUT2D eigenvalue weighted by atomic mass is 10.1. The Labute approximate surface area is 102 Å². The van der Waals surface area contributed by atoms with Gasteiger partial charge in [-0.25, -0.2) is 4.39 Å². The highest BCUT2D eigenvalue weighted by molar-refractivity contribution is 8.26. The van der Waals surface area contributed by atoms with Gasteiger partial charge in [0.05, 0.1) is 4.91 Å². The zero-order valence-corrected chi connectivity index (χ0v) is 10.0. The van der Waals surface area contributed by atoms with Crippen molar-refractivity contribution in [2.24, 2.45) is 0 Å². The predicted octanol–water partition coefficient (Wildman–Crippen LogP) is 2.62. The van der Waals surface area contributed by atoms with Crippen LogP contribution in [0.3, 0.4) is 0 Å². The quantitative estimate of drug-likeness (QED) is 0.616. The van der Waals surface area contributed by atoms with Crippen LogP contribution in [0.4, 0.5) is 4.39 Å². The van der Waals surface area contributed by atoms with E-state index in [9.17, 15) is 9.18 Å². The first kappa shape index (κ1) is 11.3. The number of thiocarbonyl (C=S) groups is 1. The van der Waals surface area contributed by atoms with Gasteiger partial charge in [0.1, 0.15) is 10.1 Å². The molecule has 5 heteroatoms. The number of thioether (sulfide) groups is 1. The number of carbonyl (C=O) groups excluding carboxylic acids is 1. The summed E-state index contributed by atoms with van der Waals surface area (Å²) in [5.41, 5.74) is 1.24. The zero-order chi connectivity index (χ0) is 11.7. The van der Waals surface area contributed by atoms with Crippen LogP contribution < -0.4 is 5.32 Å². The molecule has 0 aliphatic carbocycles. The molecule has 1 aromatic carbocycles. The summed E-state index contributed by atoms with van der Waals surface area (Å²) >= 11 is 6.04. The van der Waals surface area contributed by atoms with Crippen molar-refractivity contribution in [2.45, 2.75) is 6.92 Å². The minimum atomic E-state index is -0.277. The van der Waals surface area contributed by atoms with Crippen molar-refractivity contribution >= 4 is 40.3 Å². The maximum Gasteiger partial charge on any atom is 0.263 e. The topological polar surface area (TPSA) is 29.1 Å². The molecule has 1 heterocycles. The summed E-state index contributed by atoms with van der Waals surface area (Å²) in [6, 6.07) is 4.84. The molecule has 1 N–H and O–H groups in total. The van der Waals surface area contributed by atoms with E-state index in [1.807, 2.05) is 0 Å². The van der Waals surface area contributed by atoms with Gasteiger partial charge >= 0.3 is 0 Å². The number of carbonyl (C=O) groups is 1. The van der Waals surface area contributed by atoms with Crippen molar-refractivity contribution in [3.05, 3.63) is 40.0 Å². The van der Waals surface area contributed by atoms with Crippen molar-refractivity contribution in [1.29, 1.82) is 0 Å². The molecule has 0 saturated carbocycles. The lowest BCUT2D eigenvalue weighted by molar-refractivity contribution is -0.115. The predicted molar refractivity (Wildman–Crippen MR) is 67.4 cm³/mol. The summed E-state index contributed by atoms with van der Waals surface area (Å²) in [5, 5.41) is 2.51. The summed E-state index contributed by atoms with van der Waals surface area (Å²) in [6.07, 6.45) is 1.63. The molecule has 1 aliphatic rings. The summed E-state index contributed by atoms with van der Waals surface area (Å²) < 4.78 is 13.7. The lowest BCUT2D eigenvalue weighted by Crippen LogP contribution is -2.17. The van der Waals surface area contributed by atoms with Gasteiger partial charge in [0.2, 0.25) is 0 Å². The molecule has 0 aromatic heterocycles. The summed E-state index contributed by atoms with van der Waals surface area (Å²) in [7, 11) is 0. The third-order valence-electron chi connectivity index (χ3n) is 2.14. The number of rotatable bonds is 1. The van der Waals surface area contributed by atoms with Crippen molar-refractivity contribution in [3.63, 3.8) is 0 Å². The summed E-state index contributed by atoms with van der Waals surface area (Å²) in [6.45, 7) is 1.69. The fraction of sp³-hybridized carbons (Fsp3) is 0.0909. The first-order chi connectivity index (χ1) is 7.56. The third-order valence-corrected chi connectivity index (χ3v) is 3.30. The first-order valence-electron chi connectivity index (χ1n) is 4.57. The van der Waals surface area contributed by atoms with E-state index in [1.54, 1.807) is 25.1 Å². The van der Waals surface area contributed by atoms with Gasteiger partial charge in [-0.3, -0.25) is 4.79 Å². The highest BCUT2D eigenvalue weighted by atomic mass is 32.2. The molecule has 16 heavy (non-hydrogen) atoms. The molecule has 1 aliphatic heterocycles. The number of halogens is 1. The molecule has 0 spiro atoms. The standard InChI is InChI=1S/C11H8FNOS2/c1-6-2-3-7(4-8(6)12)5-9-10(14)13-11(15)16-9/h2-5H,1H3,(H,13,14,15). The number of nitrogens with one attached hydrogen (secondary N) is 1. The molecule has 2 rings (SSSR count). The molecule has 2 nitrogen and oxygen atoms in total. The number of amides is 1. The molecular formula is C11H8FNOS2. The molecule has 1 aromatic rings. The minimum Gasteiger partial charge on any atom is -0.307 e. The van der Waals surface area contributed by atoms with E-state index in [0.717, 1.165) is 0 Å².